The second-order valence-electron chi connectivity index (χ2n) is 9.04. The Morgan fingerprint density at radius 1 is 1.13 bits per heavy atom. The van der Waals surface area contributed by atoms with E-state index in [1.54, 1.807) is 0 Å². The van der Waals surface area contributed by atoms with Gasteiger partial charge in [0.05, 0.1) is 5.56 Å². The maximum atomic E-state index is 13.9. The summed E-state index contributed by atoms with van der Waals surface area (Å²) < 4.78 is 13.9. The molecule has 0 aromatic heterocycles. The molecule has 6 nitrogen and oxygen atoms in total. The summed E-state index contributed by atoms with van der Waals surface area (Å²) in [5.74, 6) is -1.18. The first kappa shape index (κ1) is 22.7. The van der Waals surface area contributed by atoms with Crippen molar-refractivity contribution in [2.24, 2.45) is 5.41 Å². The number of hydrogen-bond donors (Lipinski definition) is 3. The van der Waals surface area contributed by atoms with Gasteiger partial charge in [0, 0.05) is 38.4 Å². The van der Waals surface area contributed by atoms with Crippen LogP contribution in [0.5, 0.6) is 0 Å². The molecular formula is C24H31FN4O2. The summed E-state index contributed by atoms with van der Waals surface area (Å²) in [6.45, 7) is 8.81. The number of benzene rings is 2. The normalized spacial score (nSPS) is 15.0. The Hall–Kier alpha value is -2.93. The molecule has 3 rings (SSSR count). The summed E-state index contributed by atoms with van der Waals surface area (Å²) in [6, 6.07) is 11.9. The van der Waals surface area contributed by atoms with Gasteiger partial charge in [-0.2, -0.15) is 0 Å². The van der Waals surface area contributed by atoms with Crippen LogP contribution in [0.3, 0.4) is 0 Å². The van der Waals surface area contributed by atoms with Gasteiger partial charge in [0.1, 0.15) is 5.82 Å². The van der Waals surface area contributed by atoms with Gasteiger partial charge in [0.15, 0.2) is 0 Å². The molecule has 3 N–H and O–H groups in total. The van der Waals surface area contributed by atoms with Gasteiger partial charge < -0.3 is 16.0 Å². The van der Waals surface area contributed by atoms with E-state index >= 15 is 0 Å². The Labute approximate surface area is 183 Å². The Bertz CT molecular complexity index is 955. The van der Waals surface area contributed by atoms with Crippen LogP contribution >= 0.6 is 0 Å². The average Bonchev–Trinajstić information content (AvgIpc) is 2.73. The number of amides is 3. The number of urea groups is 1. The van der Waals surface area contributed by atoms with Crippen molar-refractivity contribution in [3.63, 3.8) is 0 Å². The molecule has 0 fully saturated rings. The van der Waals surface area contributed by atoms with E-state index < -0.39 is 11.7 Å². The monoisotopic (exact) mass is 426 g/mol. The third-order valence-electron chi connectivity index (χ3n) is 5.70. The second kappa shape index (κ2) is 9.47. The van der Waals surface area contributed by atoms with Crippen molar-refractivity contribution in [1.29, 1.82) is 0 Å². The average molecular weight is 427 g/mol. The van der Waals surface area contributed by atoms with E-state index in [9.17, 15) is 14.0 Å². The molecule has 1 atom stereocenters. The van der Waals surface area contributed by atoms with Crippen molar-refractivity contribution >= 4 is 17.6 Å². The van der Waals surface area contributed by atoms with Gasteiger partial charge in [0.2, 0.25) is 0 Å². The first-order valence-corrected chi connectivity index (χ1v) is 10.6. The van der Waals surface area contributed by atoms with Crippen LogP contribution in [0.25, 0.3) is 0 Å². The molecule has 1 unspecified atom stereocenters. The number of carbonyl (C=O) groups is 2. The minimum absolute atomic E-state index is 0.100. The minimum Gasteiger partial charge on any atom is -0.355 e. The first-order chi connectivity index (χ1) is 14.7. The molecule has 2 aromatic rings. The number of carbonyl (C=O) groups excluding carboxylic acids is 2. The summed E-state index contributed by atoms with van der Waals surface area (Å²) in [4.78, 5) is 26.9. The molecule has 1 aliphatic heterocycles. The molecular weight excluding hydrogens is 395 g/mol. The number of nitrogens with zero attached hydrogens (tertiary/aromatic N) is 1. The predicted molar refractivity (Wildman–Crippen MR) is 121 cm³/mol. The Morgan fingerprint density at radius 2 is 1.84 bits per heavy atom. The van der Waals surface area contributed by atoms with Crippen LogP contribution in [0.15, 0.2) is 42.5 Å². The maximum Gasteiger partial charge on any atom is 0.319 e. The van der Waals surface area contributed by atoms with Gasteiger partial charge in [-0.1, -0.05) is 45.0 Å². The lowest BCUT2D eigenvalue weighted by Gasteiger charge is -2.37. The molecule has 0 spiro atoms. The van der Waals surface area contributed by atoms with E-state index in [2.05, 4.69) is 65.9 Å². The van der Waals surface area contributed by atoms with Gasteiger partial charge in [-0.05, 0) is 41.2 Å². The van der Waals surface area contributed by atoms with Gasteiger partial charge >= 0.3 is 6.03 Å². The molecule has 3 amide bonds. The smallest absolute Gasteiger partial charge is 0.319 e. The van der Waals surface area contributed by atoms with E-state index in [0.29, 0.717) is 5.69 Å². The molecule has 166 valence electrons. The topological polar surface area (TPSA) is 73.5 Å². The molecule has 0 bridgehead atoms. The Morgan fingerprint density at radius 3 is 2.52 bits per heavy atom. The van der Waals surface area contributed by atoms with Crippen LogP contribution in [-0.2, 0) is 13.0 Å². The first-order valence-electron chi connectivity index (χ1n) is 10.6. The molecule has 2 aromatic carbocycles. The van der Waals surface area contributed by atoms with E-state index in [-0.39, 0.29) is 23.1 Å². The van der Waals surface area contributed by atoms with Gasteiger partial charge in [0.25, 0.3) is 5.91 Å². The highest BCUT2D eigenvalue weighted by molar-refractivity contribution is 5.97. The van der Waals surface area contributed by atoms with Crippen molar-refractivity contribution in [2.75, 3.05) is 25.5 Å². The predicted octanol–water partition coefficient (Wildman–Crippen LogP) is 3.78. The number of fused-ring (bicyclic) bond motifs is 1. The summed E-state index contributed by atoms with van der Waals surface area (Å²) in [6.07, 6.45) is 0.997. The van der Waals surface area contributed by atoms with Crippen LogP contribution in [0, 0.1) is 11.2 Å². The van der Waals surface area contributed by atoms with Crippen LogP contribution < -0.4 is 16.0 Å². The minimum atomic E-state index is -0.636. The van der Waals surface area contributed by atoms with Crippen molar-refractivity contribution in [3.8, 4) is 0 Å². The van der Waals surface area contributed by atoms with Crippen LogP contribution in [0.4, 0.5) is 14.9 Å². The lowest BCUT2D eigenvalue weighted by Crippen LogP contribution is -2.52. The summed E-state index contributed by atoms with van der Waals surface area (Å²) in [5, 5.41) is 8.19. The number of halogens is 1. The molecule has 1 heterocycles. The molecule has 1 aliphatic rings. The van der Waals surface area contributed by atoms with Gasteiger partial charge in [-0.25, -0.2) is 9.18 Å². The highest BCUT2D eigenvalue weighted by atomic mass is 19.1. The fraction of sp³-hybridized carbons (Fsp3) is 0.417. The van der Waals surface area contributed by atoms with Gasteiger partial charge in [-0.15, -0.1) is 0 Å². The summed E-state index contributed by atoms with van der Waals surface area (Å²) in [7, 11) is 1.43. The quantitative estimate of drug-likeness (QED) is 0.681. The zero-order chi connectivity index (χ0) is 22.6. The zero-order valence-corrected chi connectivity index (χ0v) is 18.6. The van der Waals surface area contributed by atoms with Crippen molar-refractivity contribution < 1.29 is 14.0 Å². The van der Waals surface area contributed by atoms with E-state index in [1.165, 1.54) is 36.4 Å². The molecule has 31 heavy (non-hydrogen) atoms. The molecule has 0 saturated heterocycles. The van der Waals surface area contributed by atoms with Crippen molar-refractivity contribution in [1.82, 2.24) is 15.5 Å². The van der Waals surface area contributed by atoms with Crippen LogP contribution in [0.1, 0.15) is 42.3 Å². The fourth-order valence-corrected chi connectivity index (χ4v) is 3.74. The maximum absolute atomic E-state index is 13.9. The highest BCUT2D eigenvalue weighted by Crippen LogP contribution is 2.24. The number of rotatable bonds is 5. The van der Waals surface area contributed by atoms with E-state index in [1.807, 2.05) is 0 Å². The second-order valence-corrected chi connectivity index (χ2v) is 9.04. The van der Waals surface area contributed by atoms with E-state index in [4.69, 9.17) is 0 Å². The fourth-order valence-electron chi connectivity index (χ4n) is 3.74. The summed E-state index contributed by atoms with van der Waals surface area (Å²) in [5.41, 5.74) is 2.81. The van der Waals surface area contributed by atoms with Crippen LogP contribution in [0.2, 0.25) is 0 Å². The lowest BCUT2D eigenvalue weighted by atomic mass is 9.86. The number of hydrogen-bond acceptors (Lipinski definition) is 3. The number of nitrogens with one attached hydrogen (secondary N) is 3. The number of anilines is 1. The Kier molecular flexibility index (Phi) is 6.95. The third kappa shape index (κ3) is 5.82. The van der Waals surface area contributed by atoms with Crippen molar-refractivity contribution in [2.45, 2.75) is 39.8 Å². The van der Waals surface area contributed by atoms with E-state index in [0.717, 1.165) is 26.1 Å². The standard InChI is InChI=1S/C24H31FN4O2/c1-24(2,3)21(15-29-12-11-16-7-5-6-8-17(16)14-29)28-23(31)27-18-9-10-20(25)19(13-18)22(30)26-4/h5-10,13,21H,11-12,14-15H2,1-4H3,(H,26,30)(H2,27,28,31). The molecule has 0 aliphatic carbocycles. The van der Waals surface area contributed by atoms with Crippen molar-refractivity contribution in [3.05, 3.63) is 65.0 Å². The Balaban J connectivity index is 1.66. The largest absolute Gasteiger partial charge is 0.355 e. The highest BCUT2D eigenvalue weighted by Gasteiger charge is 2.29. The van der Waals surface area contributed by atoms with Crippen LogP contribution in [-0.4, -0.2) is 43.0 Å². The SMILES string of the molecule is CNC(=O)c1cc(NC(=O)NC(CN2CCc3ccccc3C2)C(C)(C)C)ccc1F. The third-order valence-corrected chi connectivity index (χ3v) is 5.70. The lowest BCUT2D eigenvalue weighted by molar-refractivity contribution is 0.0959. The summed E-state index contributed by atoms with van der Waals surface area (Å²) >= 11 is 0. The molecule has 0 radical (unpaired) electrons. The molecule has 0 saturated carbocycles. The van der Waals surface area contributed by atoms with Gasteiger partial charge in [-0.3, -0.25) is 9.69 Å². The zero-order valence-electron chi connectivity index (χ0n) is 18.6. The molecule has 7 heteroatoms.